The molecule has 3 rings (SSSR count). The number of benzene rings is 1. The number of halogens is 1. The molecule has 0 fully saturated rings. The van der Waals surface area contributed by atoms with Gasteiger partial charge in [0.1, 0.15) is 17.7 Å². The summed E-state index contributed by atoms with van der Waals surface area (Å²) in [6, 6.07) is 7.90. The molecule has 6 nitrogen and oxygen atoms in total. The molecule has 0 aliphatic rings. The first-order chi connectivity index (χ1) is 9.79. The molecule has 0 spiro atoms. The second-order valence-electron chi connectivity index (χ2n) is 3.88. The Morgan fingerprint density at radius 3 is 3.10 bits per heavy atom. The average Bonchev–Trinajstić information content (AvgIpc) is 3.09. The first kappa shape index (κ1) is 13.1. The molecule has 0 atom stereocenters. The largest absolute Gasteiger partial charge is 0.246 e. The van der Waals surface area contributed by atoms with Gasteiger partial charge in [-0.15, -0.1) is 10.2 Å². The van der Waals surface area contributed by atoms with E-state index in [2.05, 4.69) is 41.2 Å². The Morgan fingerprint density at radius 1 is 1.35 bits per heavy atom. The minimum absolute atomic E-state index is 0.560. The normalized spacial score (nSPS) is 11.2. The molecule has 0 amide bonds. The van der Waals surface area contributed by atoms with E-state index < -0.39 is 0 Å². The molecule has 0 radical (unpaired) electrons. The molecule has 0 saturated heterocycles. The van der Waals surface area contributed by atoms with Crippen LogP contribution in [0, 0.1) is 0 Å². The second kappa shape index (κ2) is 6.02. The fourth-order valence-electron chi connectivity index (χ4n) is 1.53. The van der Waals surface area contributed by atoms with Crippen LogP contribution in [0.2, 0.25) is 0 Å². The molecule has 0 saturated carbocycles. The first-order valence-corrected chi connectivity index (χ1v) is 7.35. The maximum Gasteiger partial charge on any atom is 0.231 e. The van der Waals surface area contributed by atoms with Gasteiger partial charge < -0.3 is 0 Å². The standard InChI is InChI=1S/C12H9BrN6S/c13-10-3-1-2-9(4-10)5-15-12-18-17-11(20-12)6-19-8-14-7-16-19/h1-5,7-8H,6H2/b15-5+. The van der Waals surface area contributed by atoms with Crippen molar-refractivity contribution < 1.29 is 0 Å². The van der Waals surface area contributed by atoms with Crippen molar-refractivity contribution in [3.05, 3.63) is 52.0 Å². The van der Waals surface area contributed by atoms with Crippen LogP contribution >= 0.6 is 27.3 Å². The molecule has 2 aromatic heterocycles. The molecule has 0 aliphatic heterocycles. The number of aliphatic imine (C=N–C) groups is 1. The van der Waals surface area contributed by atoms with E-state index in [1.165, 1.54) is 17.7 Å². The van der Waals surface area contributed by atoms with Crippen LogP contribution in [0.3, 0.4) is 0 Å². The summed E-state index contributed by atoms with van der Waals surface area (Å²) in [6.07, 6.45) is 4.91. The van der Waals surface area contributed by atoms with Crippen LogP contribution in [0.1, 0.15) is 10.6 Å². The van der Waals surface area contributed by atoms with Gasteiger partial charge in [0.25, 0.3) is 0 Å². The lowest BCUT2D eigenvalue weighted by molar-refractivity contribution is 0.675. The van der Waals surface area contributed by atoms with Crippen LogP contribution in [0.5, 0.6) is 0 Å². The summed E-state index contributed by atoms with van der Waals surface area (Å²) in [4.78, 5) is 8.20. The van der Waals surface area contributed by atoms with E-state index in [-0.39, 0.29) is 0 Å². The van der Waals surface area contributed by atoms with E-state index >= 15 is 0 Å². The van der Waals surface area contributed by atoms with Gasteiger partial charge in [0, 0.05) is 10.7 Å². The Bertz CT molecular complexity index is 721. The molecule has 100 valence electrons. The quantitative estimate of drug-likeness (QED) is 0.679. The molecule has 0 aliphatic carbocycles. The summed E-state index contributed by atoms with van der Waals surface area (Å²) in [6.45, 7) is 0.560. The van der Waals surface area contributed by atoms with Crippen LogP contribution in [0.4, 0.5) is 5.13 Å². The summed E-state index contributed by atoms with van der Waals surface area (Å²) in [5.41, 5.74) is 1.01. The summed E-state index contributed by atoms with van der Waals surface area (Å²) in [7, 11) is 0. The van der Waals surface area contributed by atoms with Crippen LogP contribution in [-0.2, 0) is 6.54 Å². The Labute approximate surface area is 127 Å². The Morgan fingerprint density at radius 2 is 2.30 bits per heavy atom. The Kier molecular flexibility index (Phi) is 3.93. The SMILES string of the molecule is Brc1cccc(/C=N/c2nnc(Cn3cncn3)s2)c1. The van der Waals surface area contributed by atoms with E-state index in [1.54, 1.807) is 17.2 Å². The molecule has 8 heteroatoms. The van der Waals surface area contributed by atoms with E-state index in [0.717, 1.165) is 15.0 Å². The molecule has 2 heterocycles. The van der Waals surface area contributed by atoms with Crippen molar-refractivity contribution >= 4 is 38.6 Å². The second-order valence-corrected chi connectivity index (χ2v) is 5.84. The predicted octanol–water partition coefficient (Wildman–Crippen LogP) is 2.69. The summed E-state index contributed by atoms with van der Waals surface area (Å²) in [5, 5.41) is 13.6. The van der Waals surface area contributed by atoms with Crippen molar-refractivity contribution in [1.29, 1.82) is 0 Å². The van der Waals surface area contributed by atoms with Crippen LogP contribution in [0.25, 0.3) is 0 Å². The van der Waals surface area contributed by atoms with Crippen molar-refractivity contribution in [2.24, 2.45) is 4.99 Å². The number of hydrogen-bond acceptors (Lipinski definition) is 6. The van der Waals surface area contributed by atoms with E-state index in [0.29, 0.717) is 11.7 Å². The zero-order valence-corrected chi connectivity index (χ0v) is 12.6. The van der Waals surface area contributed by atoms with Gasteiger partial charge in [-0.25, -0.2) is 14.7 Å². The molecule has 0 unspecified atom stereocenters. The van der Waals surface area contributed by atoms with Gasteiger partial charge in [-0.1, -0.05) is 39.4 Å². The maximum absolute atomic E-state index is 4.32. The van der Waals surface area contributed by atoms with Gasteiger partial charge in [0.15, 0.2) is 0 Å². The third-order valence-corrected chi connectivity index (χ3v) is 3.70. The highest BCUT2D eigenvalue weighted by Crippen LogP contribution is 2.19. The van der Waals surface area contributed by atoms with Crippen molar-refractivity contribution in [3.8, 4) is 0 Å². The fraction of sp³-hybridized carbons (Fsp3) is 0.0833. The summed E-state index contributed by atoms with van der Waals surface area (Å²) >= 11 is 4.86. The molecule has 0 bridgehead atoms. The van der Waals surface area contributed by atoms with E-state index in [1.807, 2.05) is 24.3 Å². The molecular weight excluding hydrogens is 340 g/mol. The number of nitrogens with zero attached hydrogens (tertiary/aromatic N) is 6. The van der Waals surface area contributed by atoms with Crippen LogP contribution < -0.4 is 0 Å². The Balaban J connectivity index is 1.71. The van der Waals surface area contributed by atoms with Crippen molar-refractivity contribution in [2.75, 3.05) is 0 Å². The third-order valence-electron chi connectivity index (χ3n) is 2.39. The molecular formula is C12H9BrN6S. The highest BCUT2D eigenvalue weighted by molar-refractivity contribution is 9.10. The van der Waals surface area contributed by atoms with Crippen LogP contribution in [-0.4, -0.2) is 31.2 Å². The van der Waals surface area contributed by atoms with Gasteiger partial charge in [0.2, 0.25) is 5.13 Å². The predicted molar refractivity (Wildman–Crippen MR) is 80.4 cm³/mol. The lowest BCUT2D eigenvalue weighted by Gasteiger charge is -1.93. The monoisotopic (exact) mass is 348 g/mol. The number of aromatic nitrogens is 5. The molecule has 3 aromatic rings. The minimum Gasteiger partial charge on any atom is -0.246 e. The molecule has 1 aromatic carbocycles. The lowest BCUT2D eigenvalue weighted by atomic mass is 10.2. The van der Waals surface area contributed by atoms with Crippen LogP contribution in [0.15, 0.2) is 46.4 Å². The van der Waals surface area contributed by atoms with Crippen molar-refractivity contribution in [2.45, 2.75) is 6.54 Å². The first-order valence-electron chi connectivity index (χ1n) is 5.74. The Hall–Kier alpha value is -1.93. The smallest absolute Gasteiger partial charge is 0.231 e. The maximum atomic E-state index is 4.32. The van der Waals surface area contributed by atoms with Gasteiger partial charge in [-0.3, -0.25) is 0 Å². The van der Waals surface area contributed by atoms with Gasteiger partial charge >= 0.3 is 0 Å². The van der Waals surface area contributed by atoms with E-state index in [9.17, 15) is 0 Å². The fourth-order valence-corrected chi connectivity index (χ4v) is 2.62. The average molecular weight is 349 g/mol. The third kappa shape index (κ3) is 3.34. The highest BCUT2D eigenvalue weighted by Gasteiger charge is 2.03. The summed E-state index contributed by atoms with van der Waals surface area (Å²) in [5.74, 6) is 0. The zero-order chi connectivity index (χ0) is 13.8. The van der Waals surface area contributed by atoms with E-state index in [4.69, 9.17) is 0 Å². The zero-order valence-electron chi connectivity index (χ0n) is 10.2. The topological polar surface area (TPSA) is 68.8 Å². The molecule has 0 N–H and O–H groups in total. The van der Waals surface area contributed by atoms with Crippen molar-refractivity contribution in [3.63, 3.8) is 0 Å². The summed E-state index contributed by atoms with van der Waals surface area (Å²) < 4.78 is 2.72. The van der Waals surface area contributed by atoms with Gasteiger partial charge in [-0.2, -0.15) is 5.10 Å². The van der Waals surface area contributed by atoms with Gasteiger partial charge in [-0.05, 0) is 17.7 Å². The number of rotatable bonds is 4. The molecule has 20 heavy (non-hydrogen) atoms. The number of hydrogen-bond donors (Lipinski definition) is 0. The van der Waals surface area contributed by atoms with Gasteiger partial charge in [0.05, 0.1) is 6.54 Å². The lowest BCUT2D eigenvalue weighted by Crippen LogP contribution is -1.99. The highest BCUT2D eigenvalue weighted by atomic mass is 79.9. The minimum atomic E-state index is 0.560. The van der Waals surface area contributed by atoms with Crippen molar-refractivity contribution in [1.82, 2.24) is 25.0 Å².